The Morgan fingerprint density at radius 3 is 2.47 bits per heavy atom. The smallest absolute Gasteiger partial charge is 0.237 e. The van der Waals surface area contributed by atoms with Crippen molar-refractivity contribution in [2.24, 2.45) is 0 Å². The maximum atomic E-state index is 12.3. The van der Waals surface area contributed by atoms with Crippen LogP contribution in [0, 0.1) is 6.92 Å². The van der Waals surface area contributed by atoms with Gasteiger partial charge in [-0.25, -0.2) is 0 Å². The quantitative estimate of drug-likeness (QED) is 0.724. The minimum Gasteiger partial charge on any atom is -0.314 e. The van der Waals surface area contributed by atoms with Crippen LogP contribution in [0.4, 0.5) is 5.69 Å². The van der Waals surface area contributed by atoms with Gasteiger partial charge in [-0.05, 0) is 48.4 Å². The normalized spacial score (nSPS) is 20.3. The van der Waals surface area contributed by atoms with E-state index in [1.54, 1.807) is 0 Å². The maximum Gasteiger partial charge on any atom is 0.237 e. The van der Waals surface area contributed by atoms with Crippen LogP contribution in [-0.4, -0.2) is 13.0 Å². The average molecular weight is 229 g/mol. The summed E-state index contributed by atoms with van der Waals surface area (Å²) >= 11 is 0. The Morgan fingerprint density at radius 1 is 1.29 bits per heavy atom. The van der Waals surface area contributed by atoms with E-state index in [1.807, 2.05) is 11.9 Å². The summed E-state index contributed by atoms with van der Waals surface area (Å²) in [5.74, 6) is 0.812. The molecule has 1 saturated carbocycles. The number of rotatable bonds is 1. The number of aryl methyl sites for hydroxylation is 1. The third-order valence-corrected chi connectivity index (χ3v) is 4.35. The molecule has 2 nitrogen and oxygen atoms in total. The number of hydrogen-bond acceptors (Lipinski definition) is 1. The number of nitrogens with zero attached hydrogens (tertiary/aromatic N) is 1. The highest BCUT2D eigenvalue weighted by Crippen LogP contribution is 2.57. The van der Waals surface area contributed by atoms with Gasteiger partial charge in [-0.15, -0.1) is 0 Å². The molecule has 1 aromatic rings. The van der Waals surface area contributed by atoms with Gasteiger partial charge in [0, 0.05) is 12.7 Å². The van der Waals surface area contributed by atoms with Crippen LogP contribution in [0.15, 0.2) is 12.1 Å². The maximum absolute atomic E-state index is 12.3. The van der Waals surface area contributed by atoms with E-state index < -0.39 is 0 Å². The van der Waals surface area contributed by atoms with Gasteiger partial charge in [0.15, 0.2) is 0 Å². The van der Waals surface area contributed by atoms with Gasteiger partial charge in [-0.2, -0.15) is 0 Å². The molecule has 3 rings (SSSR count). The second-order valence-electron chi connectivity index (χ2n) is 5.83. The third-order valence-electron chi connectivity index (χ3n) is 4.35. The topological polar surface area (TPSA) is 20.3 Å². The van der Waals surface area contributed by atoms with Crippen molar-refractivity contribution in [3.05, 3.63) is 28.8 Å². The molecule has 2 aliphatic rings. The minimum absolute atomic E-state index is 0.135. The largest absolute Gasteiger partial charge is 0.314 e. The lowest BCUT2D eigenvalue weighted by molar-refractivity contribution is -0.119. The molecule has 0 unspecified atom stereocenters. The van der Waals surface area contributed by atoms with Crippen molar-refractivity contribution in [3.63, 3.8) is 0 Å². The van der Waals surface area contributed by atoms with Crippen LogP contribution < -0.4 is 4.90 Å². The van der Waals surface area contributed by atoms with E-state index in [0.717, 1.165) is 18.5 Å². The number of fused-ring (bicyclic) bond motifs is 2. The number of carbonyl (C=O) groups excluding carboxylic acids is 1. The van der Waals surface area contributed by atoms with Crippen LogP contribution in [0.3, 0.4) is 0 Å². The monoisotopic (exact) mass is 229 g/mol. The molecule has 17 heavy (non-hydrogen) atoms. The molecular formula is C15H19NO. The second-order valence-corrected chi connectivity index (χ2v) is 5.83. The fraction of sp³-hybridized carbons (Fsp3) is 0.533. The Kier molecular flexibility index (Phi) is 1.99. The predicted octanol–water partition coefficient (Wildman–Crippen LogP) is 3.13. The van der Waals surface area contributed by atoms with E-state index in [1.165, 1.54) is 16.7 Å². The Balaban J connectivity index is 2.21. The summed E-state index contributed by atoms with van der Waals surface area (Å²) in [5, 5.41) is 0. The molecule has 1 heterocycles. The minimum atomic E-state index is -0.135. The van der Waals surface area contributed by atoms with Gasteiger partial charge in [0.1, 0.15) is 0 Å². The number of anilines is 1. The van der Waals surface area contributed by atoms with Gasteiger partial charge in [0.05, 0.1) is 5.41 Å². The zero-order valence-corrected chi connectivity index (χ0v) is 11.0. The van der Waals surface area contributed by atoms with Crippen LogP contribution in [0.1, 0.15) is 49.3 Å². The molecular weight excluding hydrogens is 210 g/mol. The lowest BCUT2D eigenvalue weighted by Crippen LogP contribution is -2.27. The lowest BCUT2D eigenvalue weighted by Gasteiger charge is -2.15. The SMILES string of the molecule is Cc1cc2c(cc1C(C)C)N(C)C(=O)C21CC1. The van der Waals surface area contributed by atoms with Crippen LogP contribution >= 0.6 is 0 Å². The molecule has 1 aliphatic heterocycles. The molecule has 0 aromatic heterocycles. The molecule has 90 valence electrons. The second kappa shape index (κ2) is 3.12. The number of hydrogen-bond donors (Lipinski definition) is 0. The molecule has 1 aliphatic carbocycles. The van der Waals surface area contributed by atoms with Crippen LogP contribution in [-0.2, 0) is 10.2 Å². The summed E-state index contributed by atoms with van der Waals surface area (Å²) in [5.41, 5.74) is 4.97. The molecule has 1 spiro atoms. The molecule has 1 aromatic carbocycles. The van der Waals surface area contributed by atoms with Gasteiger partial charge in [0.25, 0.3) is 0 Å². The highest BCUT2D eigenvalue weighted by Gasteiger charge is 2.58. The molecule has 2 heteroatoms. The molecule has 0 bridgehead atoms. The molecule has 0 saturated heterocycles. The van der Waals surface area contributed by atoms with E-state index in [-0.39, 0.29) is 5.41 Å². The Labute approximate surface area is 103 Å². The van der Waals surface area contributed by atoms with Gasteiger partial charge < -0.3 is 4.90 Å². The average Bonchev–Trinajstić information content (AvgIpc) is 3.04. The van der Waals surface area contributed by atoms with Crippen molar-refractivity contribution < 1.29 is 4.79 Å². The fourth-order valence-corrected chi connectivity index (χ4v) is 3.15. The summed E-state index contributed by atoms with van der Waals surface area (Å²) in [6.07, 6.45) is 2.06. The Morgan fingerprint density at radius 2 is 1.94 bits per heavy atom. The van der Waals surface area contributed by atoms with E-state index in [2.05, 4.69) is 32.9 Å². The summed E-state index contributed by atoms with van der Waals surface area (Å²) < 4.78 is 0. The number of amides is 1. The fourth-order valence-electron chi connectivity index (χ4n) is 3.15. The Hall–Kier alpha value is -1.31. The van der Waals surface area contributed by atoms with Crippen molar-refractivity contribution in [1.29, 1.82) is 0 Å². The number of benzene rings is 1. The Bertz CT molecular complexity index is 512. The number of carbonyl (C=O) groups is 1. The highest BCUT2D eigenvalue weighted by atomic mass is 16.2. The number of likely N-dealkylation sites (N-methyl/N-ethyl adjacent to an activating group) is 1. The first-order valence-electron chi connectivity index (χ1n) is 6.40. The highest BCUT2D eigenvalue weighted by molar-refractivity contribution is 6.09. The van der Waals surface area contributed by atoms with Gasteiger partial charge in [-0.3, -0.25) is 4.79 Å². The van der Waals surface area contributed by atoms with Crippen LogP contribution in [0.25, 0.3) is 0 Å². The van der Waals surface area contributed by atoms with Crippen LogP contribution in [0.2, 0.25) is 0 Å². The standard InChI is InChI=1S/C15H19NO/c1-9(2)11-8-13-12(7-10(11)3)15(5-6-15)14(17)16(13)4/h7-9H,5-6H2,1-4H3. The third kappa shape index (κ3) is 1.24. The first-order chi connectivity index (χ1) is 7.97. The molecule has 1 amide bonds. The van der Waals surface area contributed by atoms with Crippen molar-refractivity contribution in [2.75, 3.05) is 11.9 Å². The van der Waals surface area contributed by atoms with Gasteiger partial charge >= 0.3 is 0 Å². The van der Waals surface area contributed by atoms with Crippen molar-refractivity contribution in [3.8, 4) is 0 Å². The predicted molar refractivity (Wildman–Crippen MR) is 69.6 cm³/mol. The molecule has 0 N–H and O–H groups in total. The zero-order valence-electron chi connectivity index (χ0n) is 11.0. The summed E-state index contributed by atoms with van der Waals surface area (Å²) in [7, 11) is 1.91. The van der Waals surface area contributed by atoms with Crippen LogP contribution in [0.5, 0.6) is 0 Å². The molecule has 0 radical (unpaired) electrons. The van der Waals surface area contributed by atoms with Crippen molar-refractivity contribution in [1.82, 2.24) is 0 Å². The van der Waals surface area contributed by atoms with Crippen molar-refractivity contribution >= 4 is 11.6 Å². The van der Waals surface area contributed by atoms with E-state index >= 15 is 0 Å². The lowest BCUT2D eigenvalue weighted by atomic mass is 9.90. The molecule has 0 atom stereocenters. The first kappa shape index (κ1) is 10.8. The summed E-state index contributed by atoms with van der Waals surface area (Å²) in [6, 6.07) is 4.47. The summed E-state index contributed by atoms with van der Waals surface area (Å²) in [4.78, 5) is 14.1. The van der Waals surface area contributed by atoms with Crippen molar-refractivity contribution in [2.45, 2.75) is 44.9 Å². The van der Waals surface area contributed by atoms with Gasteiger partial charge in [-0.1, -0.05) is 19.9 Å². The van der Waals surface area contributed by atoms with E-state index in [0.29, 0.717) is 11.8 Å². The molecule has 1 fully saturated rings. The van der Waals surface area contributed by atoms with E-state index in [4.69, 9.17) is 0 Å². The first-order valence-corrected chi connectivity index (χ1v) is 6.40. The van der Waals surface area contributed by atoms with E-state index in [9.17, 15) is 4.79 Å². The zero-order chi connectivity index (χ0) is 12.4. The van der Waals surface area contributed by atoms with Gasteiger partial charge in [0.2, 0.25) is 5.91 Å². The summed E-state index contributed by atoms with van der Waals surface area (Å²) in [6.45, 7) is 6.57.